The molecule has 0 amide bonds. The van der Waals surface area contributed by atoms with Crippen molar-refractivity contribution in [3.63, 3.8) is 0 Å². The lowest BCUT2D eigenvalue weighted by molar-refractivity contribution is 0.00768. The molecule has 5 heteroatoms. The van der Waals surface area contributed by atoms with Crippen LogP contribution in [0, 0.1) is 5.92 Å². The predicted octanol–water partition coefficient (Wildman–Crippen LogP) is 1.50. The largest absolute Gasteiger partial charge is 0.367 e. The van der Waals surface area contributed by atoms with Crippen molar-refractivity contribution in [3.8, 4) is 0 Å². The molecule has 2 aliphatic rings. The number of ether oxygens (including phenoxy) is 1. The van der Waals surface area contributed by atoms with E-state index in [4.69, 9.17) is 15.0 Å². The molecule has 1 saturated carbocycles. The first-order valence-corrected chi connectivity index (χ1v) is 5.93. The molecule has 2 N–H and O–H groups in total. The van der Waals surface area contributed by atoms with E-state index in [-0.39, 0.29) is 11.6 Å². The molecule has 1 saturated heterocycles. The first-order chi connectivity index (χ1) is 7.69. The third-order valence-electron chi connectivity index (χ3n) is 3.55. The molecule has 1 aliphatic carbocycles. The van der Waals surface area contributed by atoms with Gasteiger partial charge in [-0.05, 0) is 38.5 Å². The smallest absolute Gasteiger partial charge is 0.243 e. The van der Waals surface area contributed by atoms with Crippen LogP contribution in [0.15, 0.2) is 4.52 Å². The highest BCUT2D eigenvalue weighted by Gasteiger charge is 2.39. The van der Waals surface area contributed by atoms with Crippen LogP contribution in [-0.2, 0) is 10.3 Å². The van der Waals surface area contributed by atoms with Crippen molar-refractivity contribution in [1.29, 1.82) is 0 Å². The number of nitrogens with zero attached hydrogens (tertiary/aromatic N) is 2. The van der Waals surface area contributed by atoms with E-state index in [9.17, 15) is 0 Å². The third kappa shape index (κ3) is 1.64. The molecule has 1 aromatic heterocycles. The summed E-state index contributed by atoms with van der Waals surface area (Å²) in [5, 5.41) is 4.01. The van der Waals surface area contributed by atoms with Crippen LogP contribution >= 0.6 is 0 Å². The zero-order valence-electron chi connectivity index (χ0n) is 9.48. The van der Waals surface area contributed by atoms with Crippen LogP contribution in [0.1, 0.15) is 50.4 Å². The van der Waals surface area contributed by atoms with Gasteiger partial charge in [-0.25, -0.2) is 0 Å². The maximum Gasteiger partial charge on any atom is 0.243 e. The lowest BCUT2D eigenvalue weighted by atomic mass is 10.0. The number of aromatic nitrogens is 2. The Balaban J connectivity index is 1.81. The van der Waals surface area contributed by atoms with E-state index in [0.29, 0.717) is 17.6 Å². The minimum absolute atomic E-state index is 0.0914. The van der Waals surface area contributed by atoms with Gasteiger partial charge in [0.25, 0.3) is 0 Å². The molecule has 0 spiro atoms. The van der Waals surface area contributed by atoms with Crippen molar-refractivity contribution in [2.24, 2.45) is 11.7 Å². The standard InChI is InChI=1S/C11H17N3O2/c1-11(5-2-6-15-11)10-13-9(16-14-10)8(12)7-3-4-7/h7-8H,2-6,12H2,1H3. The molecule has 2 heterocycles. The zero-order valence-corrected chi connectivity index (χ0v) is 9.48. The summed E-state index contributed by atoms with van der Waals surface area (Å²) in [6, 6.07) is -0.0914. The van der Waals surface area contributed by atoms with Crippen molar-refractivity contribution < 1.29 is 9.26 Å². The van der Waals surface area contributed by atoms with Crippen molar-refractivity contribution in [2.75, 3.05) is 6.61 Å². The van der Waals surface area contributed by atoms with Crippen molar-refractivity contribution in [1.82, 2.24) is 10.1 Å². The first kappa shape index (κ1) is 10.2. The first-order valence-electron chi connectivity index (χ1n) is 5.93. The third-order valence-corrected chi connectivity index (χ3v) is 3.55. The maximum absolute atomic E-state index is 6.02. The monoisotopic (exact) mass is 223 g/mol. The van der Waals surface area contributed by atoms with Crippen molar-refractivity contribution in [2.45, 2.75) is 44.2 Å². The second-order valence-corrected chi connectivity index (χ2v) is 5.00. The summed E-state index contributed by atoms with van der Waals surface area (Å²) in [6.07, 6.45) is 4.35. The molecule has 1 aromatic rings. The van der Waals surface area contributed by atoms with Crippen LogP contribution in [0.25, 0.3) is 0 Å². The minimum Gasteiger partial charge on any atom is -0.367 e. The van der Waals surface area contributed by atoms with Crippen LogP contribution in [0.3, 0.4) is 0 Å². The van der Waals surface area contributed by atoms with Crippen LogP contribution < -0.4 is 5.73 Å². The highest BCUT2D eigenvalue weighted by molar-refractivity contribution is 5.05. The fourth-order valence-corrected chi connectivity index (χ4v) is 2.20. The Morgan fingerprint density at radius 2 is 2.31 bits per heavy atom. The van der Waals surface area contributed by atoms with Gasteiger partial charge in [-0.15, -0.1) is 0 Å². The zero-order chi connectivity index (χ0) is 11.2. The second kappa shape index (κ2) is 3.53. The second-order valence-electron chi connectivity index (χ2n) is 5.00. The van der Waals surface area contributed by atoms with Gasteiger partial charge >= 0.3 is 0 Å². The average molecular weight is 223 g/mol. The fourth-order valence-electron chi connectivity index (χ4n) is 2.20. The quantitative estimate of drug-likeness (QED) is 0.840. The summed E-state index contributed by atoms with van der Waals surface area (Å²) >= 11 is 0. The van der Waals surface area contributed by atoms with E-state index in [2.05, 4.69) is 10.1 Å². The van der Waals surface area contributed by atoms with E-state index < -0.39 is 0 Å². The molecule has 0 radical (unpaired) electrons. The molecular weight excluding hydrogens is 206 g/mol. The summed E-state index contributed by atoms with van der Waals surface area (Å²) in [7, 11) is 0. The molecule has 16 heavy (non-hydrogen) atoms. The number of nitrogens with two attached hydrogens (primary N) is 1. The van der Waals surface area contributed by atoms with Gasteiger partial charge in [-0.1, -0.05) is 5.16 Å². The summed E-state index contributed by atoms with van der Waals surface area (Å²) in [6.45, 7) is 2.78. The number of hydrogen-bond acceptors (Lipinski definition) is 5. The minimum atomic E-state index is -0.370. The average Bonchev–Trinajstić information content (AvgIpc) is 2.82. The Hall–Kier alpha value is -0.940. The van der Waals surface area contributed by atoms with Gasteiger partial charge in [-0.2, -0.15) is 4.98 Å². The van der Waals surface area contributed by atoms with Crippen LogP contribution in [0.4, 0.5) is 0 Å². The number of rotatable bonds is 3. The van der Waals surface area contributed by atoms with Crippen LogP contribution in [0.5, 0.6) is 0 Å². The van der Waals surface area contributed by atoms with E-state index in [1.165, 1.54) is 12.8 Å². The molecule has 2 unspecified atom stereocenters. The van der Waals surface area contributed by atoms with Gasteiger partial charge in [0.1, 0.15) is 5.60 Å². The van der Waals surface area contributed by atoms with Gasteiger partial charge in [0, 0.05) is 6.61 Å². The Morgan fingerprint density at radius 1 is 1.50 bits per heavy atom. The molecule has 5 nitrogen and oxygen atoms in total. The van der Waals surface area contributed by atoms with Gasteiger partial charge in [-0.3, -0.25) is 0 Å². The summed E-state index contributed by atoms with van der Waals surface area (Å²) < 4.78 is 10.9. The summed E-state index contributed by atoms with van der Waals surface area (Å²) in [5.74, 6) is 1.75. The summed E-state index contributed by atoms with van der Waals surface area (Å²) in [4.78, 5) is 4.40. The highest BCUT2D eigenvalue weighted by atomic mass is 16.5. The topological polar surface area (TPSA) is 74.2 Å². The molecular formula is C11H17N3O2. The predicted molar refractivity (Wildman–Crippen MR) is 56.5 cm³/mol. The van der Waals surface area contributed by atoms with E-state index >= 15 is 0 Å². The lowest BCUT2D eigenvalue weighted by Crippen LogP contribution is -2.22. The van der Waals surface area contributed by atoms with E-state index in [1.54, 1.807) is 0 Å². The van der Waals surface area contributed by atoms with E-state index in [1.807, 2.05) is 6.92 Å². The SMILES string of the molecule is CC1(c2noc(C(N)C3CC3)n2)CCCO1. The Bertz CT molecular complexity index is 380. The van der Waals surface area contributed by atoms with Gasteiger partial charge in [0.05, 0.1) is 6.04 Å². The number of hydrogen-bond donors (Lipinski definition) is 1. The van der Waals surface area contributed by atoms with Crippen LogP contribution in [-0.4, -0.2) is 16.7 Å². The van der Waals surface area contributed by atoms with Crippen molar-refractivity contribution in [3.05, 3.63) is 11.7 Å². The van der Waals surface area contributed by atoms with Crippen LogP contribution in [0.2, 0.25) is 0 Å². The van der Waals surface area contributed by atoms with E-state index in [0.717, 1.165) is 19.4 Å². The molecule has 2 fully saturated rings. The molecule has 0 aromatic carbocycles. The van der Waals surface area contributed by atoms with Gasteiger partial charge in [0.2, 0.25) is 11.7 Å². The molecule has 3 rings (SSSR count). The maximum atomic E-state index is 6.02. The Kier molecular flexibility index (Phi) is 2.26. The van der Waals surface area contributed by atoms with Gasteiger partial charge < -0.3 is 15.0 Å². The molecule has 0 bridgehead atoms. The van der Waals surface area contributed by atoms with Crippen molar-refractivity contribution >= 4 is 0 Å². The van der Waals surface area contributed by atoms with Gasteiger partial charge in [0.15, 0.2) is 0 Å². The molecule has 1 aliphatic heterocycles. The normalized spacial score (nSPS) is 31.9. The lowest BCUT2D eigenvalue weighted by Gasteiger charge is -2.17. The fraction of sp³-hybridized carbons (Fsp3) is 0.818. The molecule has 2 atom stereocenters. The molecule has 88 valence electrons. The Morgan fingerprint density at radius 3 is 2.94 bits per heavy atom. The highest BCUT2D eigenvalue weighted by Crippen LogP contribution is 2.40. The summed E-state index contributed by atoms with van der Waals surface area (Å²) in [5.41, 5.74) is 5.65. The Labute approximate surface area is 94.3 Å².